The number of hydrogen-bond acceptors (Lipinski definition) is 5. The Labute approximate surface area is 172 Å². The van der Waals surface area contributed by atoms with Crippen LogP contribution in [0.5, 0.6) is 0 Å². The van der Waals surface area contributed by atoms with Gasteiger partial charge in [-0.2, -0.15) is 0 Å². The molecule has 28 heavy (non-hydrogen) atoms. The predicted octanol–water partition coefficient (Wildman–Crippen LogP) is 4.13. The summed E-state index contributed by atoms with van der Waals surface area (Å²) in [7, 11) is 0. The molecule has 0 saturated carbocycles. The summed E-state index contributed by atoms with van der Waals surface area (Å²) in [6, 6.07) is 11.0. The second-order valence-electron chi connectivity index (χ2n) is 6.59. The van der Waals surface area contributed by atoms with E-state index in [1.54, 1.807) is 18.3 Å². The Balaban J connectivity index is 1.47. The molecule has 6 nitrogen and oxygen atoms in total. The molecule has 0 bridgehead atoms. The highest BCUT2D eigenvalue weighted by Crippen LogP contribution is 2.29. The molecule has 4 rings (SSSR count). The second kappa shape index (κ2) is 8.75. The van der Waals surface area contributed by atoms with Crippen LogP contribution in [0.3, 0.4) is 0 Å². The molecule has 144 valence electrons. The van der Waals surface area contributed by atoms with Crippen molar-refractivity contribution in [3.63, 3.8) is 0 Å². The zero-order valence-corrected chi connectivity index (χ0v) is 16.8. The van der Waals surface area contributed by atoms with Crippen LogP contribution >= 0.6 is 23.4 Å². The van der Waals surface area contributed by atoms with Gasteiger partial charge in [0, 0.05) is 29.1 Å². The smallest absolute Gasteiger partial charge is 0.254 e. The fourth-order valence-electron chi connectivity index (χ4n) is 3.19. The van der Waals surface area contributed by atoms with Crippen LogP contribution in [0.25, 0.3) is 0 Å². The molecule has 1 N–H and O–H groups in total. The molecule has 3 heterocycles. The molecule has 0 unspecified atom stereocenters. The Hall–Kier alpha value is -2.38. The Bertz CT molecular complexity index is 973. The van der Waals surface area contributed by atoms with Crippen molar-refractivity contribution in [3.05, 3.63) is 64.8 Å². The highest BCUT2D eigenvalue weighted by Gasteiger charge is 2.17. The molecule has 0 atom stereocenters. The summed E-state index contributed by atoms with van der Waals surface area (Å²) >= 11 is 7.38. The van der Waals surface area contributed by atoms with Crippen LogP contribution in [0, 0.1) is 0 Å². The molecule has 1 amide bonds. The number of pyridine rings is 1. The Morgan fingerprint density at radius 1 is 1.14 bits per heavy atom. The van der Waals surface area contributed by atoms with E-state index in [1.807, 2.05) is 24.3 Å². The van der Waals surface area contributed by atoms with E-state index in [1.165, 1.54) is 18.2 Å². The minimum absolute atomic E-state index is 0.171. The van der Waals surface area contributed by atoms with E-state index in [0.717, 1.165) is 42.4 Å². The summed E-state index contributed by atoms with van der Waals surface area (Å²) in [6.45, 7) is 1.27. The van der Waals surface area contributed by atoms with E-state index in [4.69, 9.17) is 11.6 Å². The zero-order chi connectivity index (χ0) is 19.3. The van der Waals surface area contributed by atoms with Crippen LogP contribution in [-0.2, 0) is 19.5 Å². The second-order valence-corrected chi connectivity index (χ2v) is 8.09. The van der Waals surface area contributed by atoms with Gasteiger partial charge in [-0.3, -0.25) is 4.79 Å². The van der Waals surface area contributed by atoms with Crippen LogP contribution in [0.1, 0.15) is 41.3 Å². The SMILES string of the molecule is O=C(NCc1nnc2n1CCCCC2)c1cccnc1Sc1ccc(Cl)cc1. The fourth-order valence-corrected chi connectivity index (χ4v) is 4.20. The molecule has 0 saturated heterocycles. The van der Waals surface area contributed by atoms with Gasteiger partial charge in [-0.05, 0) is 49.2 Å². The summed E-state index contributed by atoms with van der Waals surface area (Å²) in [5, 5.41) is 12.9. The minimum atomic E-state index is -0.171. The van der Waals surface area contributed by atoms with E-state index in [2.05, 4.69) is 25.1 Å². The lowest BCUT2D eigenvalue weighted by Gasteiger charge is -2.10. The van der Waals surface area contributed by atoms with Crippen molar-refractivity contribution in [2.24, 2.45) is 0 Å². The lowest BCUT2D eigenvalue weighted by Crippen LogP contribution is -2.25. The average Bonchev–Trinajstić information content (AvgIpc) is 2.94. The van der Waals surface area contributed by atoms with Crippen LogP contribution < -0.4 is 5.32 Å². The first-order valence-electron chi connectivity index (χ1n) is 9.28. The largest absolute Gasteiger partial charge is 0.345 e. The number of fused-ring (bicyclic) bond motifs is 1. The third kappa shape index (κ3) is 4.36. The van der Waals surface area contributed by atoms with Gasteiger partial charge < -0.3 is 9.88 Å². The Morgan fingerprint density at radius 3 is 2.86 bits per heavy atom. The van der Waals surface area contributed by atoms with Gasteiger partial charge in [-0.25, -0.2) is 4.98 Å². The first-order valence-corrected chi connectivity index (χ1v) is 10.5. The van der Waals surface area contributed by atoms with Crippen molar-refractivity contribution >= 4 is 29.3 Å². The minimum Gasteiger partial charge on any atom is -0.345 e. The molecule has 8 heteroatoms. The van der Waals surface area contributed by atoms with Gasteiger partial charge in [0.2, 0.25) is 0 Å². The lowest BCUT2D eigenvalue weighted by molar-refractivity contribution is 0.0945. The van der Waals surface area contributed by atoms with Gasteiger partial charge >= 0.3 is 0 Å². The molecule has 1 aliphatic rings. The fraction of sp³-hybridized carbons (Fsp3) is 0.300. The molecule has 0 fully saturated rings. The van der Waals surface area contributed by atoms with Crippen LogP contribution in [-0.4, -0.2) is 25.7 Å². The van der Waals surface area contributed by atoms with E-state index in [9.17, 15) is 4.79 Å². The topological polar surface area (TPSA) is 72.7 Å². The van der Waals surface area contributed by atoms with Gasteiger partial charge in [-0.15, -0.1) is 10.2 Å². The summed E-state index contributed by atoms with van der Waals surface area (Å²) < 4.78 is 2.14. The standard InChI is InChI=1S/C20H20ClN5OS/c21-14-7-9-15(10-8-14)28-20-16(5-4-11-22-20)19(27)23-13-18-25-24-17-6-2-1-3-12-26(17)18/h4-5,7-11H,1-3,6,12-13H2,(H,23,27). The summed E-state index contributed by atoms with van der Waals surface area (Å²) in [6.07, 6.45) is 6.11. The van der Waals surface area contributed by atoms with Gasteiger partial charge in [0.15, 0.2) is 5.82 Å². The maximum absolute atomic E-state index is 12.8. The molecule has 0 radical (unpaired) electrons. The molecule has 1 aromatic carbocycles. The highest BCUT2D eigenvalue weighted by molar-refractivity contribution is 7.99. The number of amides is 1. The highest BCUT2D eigenvalue weighted by atomic mass is 35.5. The quantitative estimate of drug-likeness (QED) is 0.680. The van der Waals surface area contributed by atoms with Crippen molar-refractivity contribution < 1.29 is 4.79 Å². The van der Waals surface area contributed by atoms with E-state index in [-0.39, 0.29) is 5.91 Å². The molecule has 0 spiro atoms. The zero-order valence-electron chi connectivity index (χ0n) is 15.3. The van der Waals surface area contributed by atoms with Crippen LogP contribution in [0.15, 0.2) is 52.5 Å². The van der Waals surface area contributed by atoms with Crippen molar-refractivity contribution in [2.45, 2.75) is 48.7 Å². The van der Waals surface area contributed by atoms with E-state index in [0.29, 0.717) is 22.2 Å². The molecule has 3 aromatic rings. The van der Waals surface area contributed by atoms with Crippen LogP contribution in [0.4, 0.5) is 0 Å². The van der Waals surface area contributed by atoms with Gasteiger partial charge in [0.25, 0.3) is 5.91 Å². The lowest BCUT2D eigenvalue weighted by atomic mass is 10.2. The van der Waals surface area contributed by atoms with Crippen molar-refractivity contribution in [3.8, 4) is 0 Å². The maximum Gasteiger partial charge on any atom is 0.254 e. The number of carbonyl (C=O) groups is 1. The normalized spacial score (nSPS) is 13.6. The summed E-state index contributed by atoms with van der Waals surface area (Å²) in [5.74, 6) is 1.65. The van der Waals surface area contributed by atoms with Crippen molar-refractivity contribution in [1.82, 2.24) is 25.1 Å². The monoisotopic (exact) mass is 413 g/mol. The maximum atomic E-state index is 12.8. The van der Waals surface area contributed by atoms with Crippen molar-refractivity contribution in [2.75, 3.05) is 0 Å². The van der Waals surface area contributed by atoms with Gasteiger partial charge in [0.1, 0.15) is 10.9 Å². The Kier molecular flexibility index (Phi) is 5.92. The van der Waals surface area contributed by atoms with Gasteiger partial charge in [0.05, 0.1) is 12.1 Å². The first-order chi connectivity index (χ1) is 13.7. The van der Waals surface area contributed by atoms with E-state index >= 15 is 0 Å². The molecular weight excluding hydrogens is 394 g/mol. The Morgan fingerprint density at radius 2 is 2.00 bits per heavy atom. The third-order valence-corrected chi connectivity index (χ3v) is 5.92. The molecule has 1 aliphatic heterocycles. The van der Waals surface area contributed by atoms with E-state index < -0.39 is 0 Å². The number of nitrogens with one attached hydrogen (secondary N) is 1. The number of benzene rings is 1. The van der Waals surface area contributed by atoms with Gasteiger partial charge in [-0.1, -0.05) is 29.8 Å². The first kappa shape index (κ1) is 19.0. The summed E-state index contributed by atoms with van der Waals surface area (Å²) in [5.41, 5.74) is 0.540. The predicted molar refractivity (Wildman–Crippen MR) is 109 cm³/mol. The summed E-state index contributed by atoms with van der Waals surface area (Å²) in [4.78, 5) is 18.2. The number of hydrogen-bond donors (Lipinski definition) is 1. The number of carbonyl (C=O) groups excluding carboxylic acids is 1. The third-order valence-electron chi connectivity index (χ3n) is 4.64. The molecule has 0 aliphatic carbocycles. The number of aryl methyl sites for hydroxylation is 1. The number of nitrogens with zero attached hydrogens (tertiary/aromatic N) is 4. The van der Waals surface area contributed by atoms with Crippen molar-refractivity contribution in [1.29, 1.82) is 0 Å². The molecule has 2 aromatic heterocycles. The average molecular weight is 414 g/mol. The number of halogens is 1. The molecular formula is C20H20ClN5OS. The number of rotatable bonds is 5. The van der Waals surface area contributed by atoms with Crippen LogP contribution in [0.2, 0.25) is 5.02 Å². The number of aromatic nitrogens is 4.